The normalized spacial score (nSPS) is 16.2. The minimum Gasteiger partial charge on any atom is -0.478 e. The summed E-state index contributed by atoms with van der Waals surface area (Å²) < 4.78 is 116. The van der Waals surface area contributed by atoms with Crippen molar-refractivity contribution < 1.29 is 65.1 Å². The largest absolute Gasteiger partial charge is 0.478 e. The molecule has 90 heavy (non-hydrogen) atoms. The zero-order valence-corrected chi connectivity index (χ0v) is 47.5. The van der Waals surface area contributed by atoms with Crippen LogP contribution in [0.4, 0.5) is 26.3 Å². The Kier molecular flexibility index (Phi) is 17.5. The molecule has 2 fully saturated rings. The summed E-state index contributed by atoms with van der Waals surface area (Å²) in [4.78, 5) is 41.1. The van der Waals surface area contributed by atoms with Gasteiger partial charge in [0, 0.05) is 73.5 Å². The van der Waals surface area contributed by atoms with Gasteiger partial charge in [-0.3, -0.25) is 0 Å². The molecule has 4 aromatic heterocycles. The molecule has 0 aliphatic carbocycles. The Labute approximate surface area is 508 Å². The third-order valence-electron chi connectivity index (χ3n) is 15.4. The number of fused-ring (bicyclic) bond motifs is 2. The molecule has 18 nitrogen and oxygen atoms in total. The van der Waals surface area contributed by atoms with Gasteiger partial charge < -0.3 is 49.8 Å². The van der Waals surface area contributed by atoms with E-state index < -0.39 is 57.9 Å². The highest BCUT2D eigenvalue weighted by atomic mass is 19.1. The summed E-state index contributed by atoms with van der Waals surface area (Å²) in [5.41, 5.74) is 14.6. The van der Waals surface area contributed by atoms with Gasteiger partial charge in [0.05, 0.1) is 92.1 Å². The standard InChI is InChI=1S/2C33H26F3N5O4/c2*34-24-10-19(15-37)4-5-21(24)16-45-31-3-1-2-27(40-31)23-14-25(35)22(11-26(23)36)13-30-39-28-7-6-20(32(42)43)12-29(28)41(30)17-33(38)8-9-44-18-33/h2*1-7,10-12,14H,8-9,13,16-18,38H2,(H,42,43). The Morgan fingerprint density at radius 3 is 1.30 bits per heavy atom. The molecule has 6 aromatic carbocycles. The van der Waals surface area contributed by atoms with Crippen molar-refractivity contribution in [2.45, 2.75) is 63.1 Å². The van der Waals surface area contributed by atoms with E-state index in [0.717, 1.165) is 36.4 Å². The molecule has 2 aliphatic heterocycles. The quantitative estimate of drug-likeness (QED) is 0.0581. The first-order valence-corrected chi connectivity index (χ1v) is 28.0. The third-order valence-corrected chi connectivity index (χ3v) is 15.4. The van der Waals surface area contributed by atoms with E-state index >= 15 is 17.6 Å². The van der Waals surface area contributed by atoms with E-state index in [1.165, 1.54) is 72.8 Å². The minimum atomic E-state index is -1.11. The Morgan fingerprint density at radius 1 is 0.522 bits per heavy atom. The fraction of sp³-hybridized carbons (Fsp3) is 0.212. The lowest BCUT2D eigenvalue weighted by Crippen LogP contribution is -2.44. The van der Waals surface area contributed by atoms with E-state index in [4.69, 9.17) is 40.9 Å². The van der Waals surface area contributed by atoms with Gasteiger partial charge in [-0.1, -0.05) is 24.3 Å². The van der Waals surface area contributed by atoms with Crippen LogP contribution < -0.4 is 20.9 Å². The molecule has 2 atom stereocenters. The van der Waals surface area contributed by atoms with Crippen molar-refractivity contribution in [3.63, 3.8) is 0 Å². The molecular formula is C66H52F6N10O8. The second-order valence-corrected chi connectivity index (χ2v) is 21.9. The predicted octanol–water partition coefficient (Wildman–Crippen LogP) is 10.7. The Morgan fingerprint density at radius 2 is 0.933 bits per heavy atom. The van der Waals surface area contributed by atoms with Gasteiger partial charge in [0.25, 0.3) is 0 Å². The van der Waals surface area contributed by atoms with Crippen LogP contribution in [-0.2, 0) is 48.6 Å². The highest BCUT2D eigenvalue weighted by Crippen LogP contribution is 2.33. The first-order valence-electron chi connectivity index (χ1n) is 28.0. The van der Waals surface area contributed by atoms with Crippen molar-refractivity contribution >= 4 is 34.0 Å². The van der Waals surface area contributed by atoms with Gasteiger partial charge in [-0.15, -0.1) is 0 Å². The number of imidazole rings is 2. The molecule has 24 heteroatoms. The van der Waals surface area contributed by atoms with Crippen LogP contribution in [-0.4, -0.2) is 88.7 Å². The van der Waals surface area contributed by atoms with Gasteiger partial charge in [-0.05, 0) is 121 Å². The number of carboxylic acids is 2. The highest BCUT2D eigenvalue weighted by molar-refractivity contribution is 5.93. The van der Waals surface area contributed by atoms with E-state index in [1.807, 2.05) is 12.1 Å². The molecular weight excluding hydrogens is 1170 g/mol. The fourth-order valence-corrected chi connectivity index (χ4v) is 10.6. The van der Waals surface area contributed by atoms with Crippen LogP contribution in [0.2, 0.25) is 0 Å². The Balaban J connectivity index is 0.000000185. The average Bonchev–Trinajstić information content (AvgIpc) is 1.66. The number of rotatable bonds is 18. The summed E-state index contributed by atoms with van der Waals surface area (Å²) in [6.07, 6.45) is 0.953. The van der Waals surface area contributed by atoms with Crippen molar-refractivity contribution in [2.24, 2.45) is 11.5 Å². The summed E-state index contributed by atoms with van der Waals surface area (Å²) >= 11 is 0. The predicted molar refractivity (Wildman–Crippen MR) is 314 cm³/mol. The topological polar surface area (TPSA) is 273 Å². The maximum atomic E-state index is 15.6. The van der Waals surface area contributed by atoms with E-state index in [9.17, 15) is 28.6 Å². The number of carboxylic acid groups (broad SMARTS) is 2. The van der Waals surface area contributed by atoms with Crippen LogP contribution in [0.1, 0.15) is 78.6 Å². The number of aromatic carboxylic acids is 2. The van der Waals surface area contributed by atoms with Crippen LogP contribution in [0.15, 0.2) is 133 Å². The molecule has 2 saturated heterocycles. The third kappa shape index (κ3) is 13.5. The number of nitriles is 2. The number of nitrogens with zero attached hydrogens (tertiary/aromatic N) is 8. The van der Waals surface area contributed by atoms with Gasteiger partial charge in [-0.25, -0.2) is 55.9 Å². The minimum absolute atomic E-state index is 0.0312. The smallest absolute Gasteiger partial charge is 0.335 e. The van der Waals surface area contributed by atoms with E-state index in [0.29, 0.717) is 73.0 Å². The summed E-state index contributed by atoms with van der Waals surface area (Å²) in [5, 5.41) is 36.9. The molecule has 0 bridgehead atoms. The summed E-state index contributed by atoms with van der Waals surface area (Å²) in [6, 6.07) is 34.1. The van der Waals surface area contributed by atoms with Crippen molar-refractivity contribution in [1.82, 2.24) is 29.1 Å². The van der Waals surface area contributed by atoms with Crippen LogP contribution in [0, 0.1) is 57.6 Å². The van der Waals surface area contributed by atoms with Gasteiger partial charge >= 0.3 is 11.9 Å². The van der Waals surface area contributed by atoms with Crippen molar-refractivity contribution in [2.75, 3.05) is 26.4 Å². The molecule has 6 N–H and O–H groups in total. The number of hydrogen-bond acceptors (Lipinski definition) is 14. The Hall–Kier alpha value is -10.5. The molecule has 0 radical (unpaired) electrons. The monoisotopic (exact) mass is 1230 g/mol. The molecule has 6 heterocycles. The summed E-state index contributed by atoms with van der Waals surface area (Å²) in [5.74, 6) is -5.37. The molecule has 2 unspecified atom stereocenters. The van der Waals surface area contributed by atoms with Crippen molar-refractivity contribution in [3.8, 4) is 46.4 Å². The van der Waals surface area contributed by atoms with E-state index in [2.05, 4.69) is 19.9 Å². The molecule has 0 saturated carbocycles. The van der Waals surface area contributed by atoms with Crippen molar-refractivity contribution in [1.29, 1.82) is 10.5 Å². The highest BCUT2D eigenvalue weighted by Gasteiger charge is 2.34. The van der Waals surface area contributed by atoms with Crippen LogP contribution in [0.5, 0.6) is 11.8 Å². The second-order valence-electron chi connectivity index (χ2n) is 21.9. The first kappa shape index (κ1) is 61.2. The lowest BCUT2D eigenvalue weighted by Gasteiger charge is -2.24. The maximum absolute atomic E-state index is 15.6. The number of pyridine rings is 2. The Bertz CT molecular complexity index is 4250. The number of halogens is 6. The average molecular weight is 1230 g/mol. The molecule has 12 rings (SSSR count). The lowest BCUT2D eigenvalue weighted by atomic mass is 9.99. The molecule has 2 aliphatic rings. The number of ether oxygens (including phenoxy) is 4. The van der Waals surface area contributed by atoms with Gasteiger partial charge in [-0.2, -0.15) is 10.5 Å². The number of benzene rings is 6. The lowest BCUT2D eigenvalue weighted by molar-refractivity contribution is 0.0686. The van der Waals surface area contributed by atoms with E-state index in [-0.39, 0.29) is 118 Å². The summed E-state index contributed by atoms with van der Waals surface area (Å²) in [6.45, 7) is 1.66. The van der Waals surface area contributed by atoms with Crippen molar-refractivity contribution in [3.05, 3.63) is 225 Å². The molecule has 0 amide bonds. The number of carbonyl (C=O) groups is 2. The maximum Gasteiger partial charge on any atom is 0.335 e. The van der Waals surface area contributed by atoms with Gasteiger partial charge in [0.1, 0.15) is 59.8 Å². The number of nitrogens with two attached hydrogens (primary N) is 2. The molecule has 456 valence electrons. The second kappa shape index (κ2) is 25.7. The van der Waals surface area contributed by atoms with Gasteiger partial charge in [0.2, 0.25) is 11.8 Å². The first-order chi connectivity index (χ1) is 43.2. The zero-order chi connectivity index (χ0) is 63.4. The molecule has 10 aromatic rings. The molecule has 0 spiro atoms. The fourth-order valence-electron chi connectivity index (χ4n) is 10.6. The number of aromatic nitrogens is 6. The number of hydrogen-bond donors (Lipinski definition) is 4. The SMILES string of the molecule is N#Cc1ccc(COc2cccc(-c3cc(F)c(Cc4nc5ccc(C(=O)O)cc5n4CC4(N)CCOC4)cc3F)n2)c(F)c1.N#Cc1ccc(COc2cccc(-c3cc(F)c(Cc4nc5ccc(C(=O)O)cc5n4CC4(N)CCOC4)cc3F)n2)c(F)c1. The van der Waals surface area contributed by atoms with E-state index in [1.54, 1.807) is 33.4 Å². The van der Waals surface area contributed by atoms with Crippen LogP contribution in [0.3, 0.4) is 0 Å². The summed E-state index contributed by atoms with van der Waals surface area (Å²) in [7, 11) is 0. The van der Waals surface area contributed by atoms with Crippen LogP contribution >= 0.6 is 0 Å². The van der Waals surface area contributed by atoms with Gasteiger partial charge in [0.15, 0.2) is 0 Å². The van der Waals surface area contributed by atoms with Crippen LogP contribution in [0.25, 0.3) is 44.6 Å². The zero-order valence-electron chi connectivity index (χ0n) is 47.5.